The summed E-state index contributed by atoms with van der Waals surface area (Å²) in [6, 6.07) is 10.2. The highest BCUT2D eigenvalue weighted by molar-refractivity contribution is 5.83. The van der Waals surface area contributed by atoms with E-state index in [1.54, 1.807) is 6.33 Å². The van der Waals surface area contributed by atoms with Crippen molar-refractivity contribution in [3.05, 3.63) is 48.4 Å². The Balaban J connectivity index is 2.13. The minimum Gasteiger partial charge on any atom is -0.370 e. The number of nitrogens with one attached hydrogen (secondary N) is 1. The first-order valence-corrected chi connectivity index (χ1v) is 6.70. The molecule has 0 fully saturated rings. The third kappa shape index (κ3) is 2.20. The molecule has 0 unspecified atom stereocenters. The van der Waals surface area contributed by atoms with Gasteiger partial charge in [0, 0.05) is 29.3 Å². The number of fused-ring (bicyclic) bond motifs is 1. The Hall–Kier alpha value is -2.49. The van der Waals surface area contributed by atoms with E-state index >= 15 is 0 Å². The second-order valence-electron chi connectivity index (χ2n) is 4.64. The summed E-state index contributed by atoms with van der Waals surface area (Å²) in [6.45, 7) is 4.93. The summed E-state index contributed by atoms with van der Waals surface area (Å²) in [7, 11) is 0. The predicted molar refractivity (Wildman–Crippen MR) is 81.7 cm³/mol. The number of benzene rings is 1. The lowest BCUT2D eigenvalue weighted by Gasteiger charge is -2.10. The molecule has 2 heterocycles. The average Bonchev–Trinajstić information content (AvgIpc) is 2.49. The fourth-order valence-electron chi connectivity index (χ4n) is 2.29. The van der Waals surface area contributed by atoms with E-state index in [2.05, 4.69) is 39.3 Å². The molecule has 1 aromatic carbocycles. The van der Waals surface area contributed by atoms with Gasteiger partial charge in [0.25, 0.3) is 0 Å². The van der Waals surface area contributed by atoms with Gasteiger partial charge in [0.05, 0.1) is 11.2 Å². The van der Waals surface area contributed by atoms with Gasteiger partial charge in [-0.05, 0) is 26.0 Å². The maximum absolute atomic E-state index is 4.49. The van der Waals surface area contributed by atoms with Crippen molar-refractivity contribution in [1.29, 1.82) is 0 Å². The maximum Gasteiger partial charge on any atom is 0.132 e. The molecule has 0 spiro atoms. The molecule has 4 heteroatoms. The zero-order valence-electron chi connectivity index (χ0n) is 11.6. The van der Waals surface area contributed by atoms with Crippen LogP contribution in [-0.2, 0) is 0 Å². The standard InChI is InChI=1S/C16H16N4/c1-3-17-16-11(2)15(19-10-20-16)13-8-12-6-4-5-7-14(12)18-9-13/h4-10H,3H2,1-2H3,(H,17,19,20). The number of para-hydroxylation sites is 1. The third-order valence-electron chi connectivity index (χ3n) is 3.29. The molecular weight excluding hydrogens is 248 g/mol. The first-order valence-electron chi connectivity index (χ1n) is 6.70. The molecule has 0 bridgehead atoms. The number of rotatable bonds is 3. The van der Waals surface area contributed by atoms with Crippen molar-refractivity contribution in [2.45, 2.75) is 13.8 Å². The molecule has 0 radical (unpaired) electrons. The van der Waals surface area contributed by atoms with Crippen LogP contribution in [0.5, 0.6) is 0 Å². The third-order valence-corrected chi connectivity index (χ3v) is 3.29. The normalized spacial score (nSPS) is 10.7. The zero-order valence-corrected chi connectivity index (χ0v) is 11.6. The van der Waals surface area contributed by atoms with E-state index in [9.17, 15) is 0 Å². The highest BCUT2D eigenvalue weighted by Crippen LogP contribution is 2.26. The van der Waals surface area contributed by atoms with Crippen molar-refractivity contribution in [3.63, 3.8) is 0 Å². The molecule has 2 aromatic heterocycles. The van der Waals surface area contributed by atoms with Gasteiger partial charge in [-0.2, -0.15) is 0 Å². The summed E-state index contributed by atoms with van der Waals surface area (Å²) in [5.74, 6) is 0.880. The first kappa shape index (κ1) is 12.5. The van der Waals surface area contributed by atoms with Gasteiger partial charge in [-0.15, -0.1) is 0 Å². The van der Waals surface area contributed by atoms with Crippen LogP contribution in [0.1, 0.15) is 12.5 Å². The smallest absolute Gasteiger partial charge is 0.132 e. The van der Waals surface area contributed by atoms with Crippen LogP contribution >= 0.6 is 0 Å². The van der Waals surface area contributed by atoms with E-state index in [4.69, 9.17) is 0 Å². The van der Waals surface area contributed by atoms with E-state index in [1.165, 1.54) is 0 Å². The molecular formula is C16H16N4. The van der Waals surface area contributed by atoms with E-state index in [0.29, 0.717) is 0 Å². The van der Waals surface area contributed by atoms with E-state index < -0.39 is 0 Å². The van der Waals surface area contributed by atoms with Crippen LogP contribution in [0, 0.1) is 6.92 Å². The molecule has 4 nitrogen and oxygen atoms in total. The van der Waals surface area contributed by atoms with Crippen molar-refractivity contribution >= 4 is 16.7 Å². The quantitative estimate of drug-likeness (QED) is 0.787. The lowest BCUT2D eigenvalue weighted by atomic mass is 10.1. The first-order chi connectivity index (χ1) is 9.79. The Kier molecular flexibility index (Phi) is 3.29. The van der Waals surface area contributed by atoms with E-state index in [-0.39, 0.29) is 0 Å². The van der Waals surface area contributed by atoms with E-state index in [1.807, 2.05) is 31.3 Å². The van der Waals surface area contributed by atoms with Crippen LogP contribution in [0.15, 0.2) is 42.9 Å². The van der Waals surface area contributed by atoms with Gasteiger partial charge in [-0.25, -0.2) is 9.97 Å². The second kappa shape index (κ2) is 5.25. The minimum absolute atomic E-state index is 0.841. The summed E-state index contributed by atoms with van der Waals surface area (Å²) in [5, 5.41) is 4.37. The SMILES string of the molecule is CCNc1ncnc(-c2cnc3ccccc3c2)c1C. The topological polar surface area (TPSA) is 50.7 Å². The summed E-state index contributed by atoms with van der Waals surface area (Å²) >= 11 is 0. The van der Waals surface area contributed by atoms with Crippen LogP contribution in [0.25, 0.3) is 22.2 Å². The van der Waals surface area contributed by atoms with Crippen molar-refractivity contribution in [3.8, 4) is 11.3 Å². The van der Waals surface area contributed by atoms with Crippen molar-refractivity contribution in [2.75, 3.05) is 11.9 Å². The molecule has 20 heavy (non-hydrogen) atoms. The van der Waals surface area contributed by atoms with Gasteiger partial charge in [0.1, 0.15) is 12.1 Å². The molecule has 0 aliphatic heterocycles. The van der Waals surface area contributed by atoms with Crippen molar-refractivity contribution in [1.82, 2.24) is 15.0 Å². The Labute approximate surface area is 117 Å². The van der Waals surface area contributed by atoms with Gasteiger partial charge in [-0.1, -0.05) is 18.2 Å². The molecule has 0 saturated heterocycles. The molecule has 0 aliphatic rings. The number of hydrogen-bond donors (Lipinski definition) is 1. The zero-order chi connectivity index (χ0) is 13.9. The molecule has 1 N–H and O–H groups in total. The summed E-state index contributed by atoms with van der Waals surface area (Å²) in [4.78, 5) is 13.2. The summed E-state index contributed by atoms with van der Waals surface area (Å²) in [5.41, 5.74) is 3.98. The lowest BCUT2D eigenvalue weighted by Crippen LogP contribution is -2.03. The second-order valence-corrected chi connectivity index (χ2v) is 4.64. The van der Waals surface area contributed by atoms with Crippen molar-refractivity contribution < 1.29 is 0 Å². The number of pyridine rings is 1. The molecule has 100 valence electrons. The minimum atomic E-state index is 0.841. The Morgan fingerprint density at radius 2 is 1.95 bits per heavy atom. The van der Waals surface area contributed by atoms with Crippen molar-refractivity contribution in [2.24, 2.45) is 0 Å². The lowest BCUT2D eigenvalue weighted by molar-refractivity contribution is 1.09. The molecule has 0 saturated carbocycles. The van der Waals surface area contributed by atoms with E-state index in [0.717, 1.165) is 40.1 Å². The van der Waals surface area contributed by atoms with Gasteiger partial charge in [0.2, 0.25) is 0 Å². The molecule has 0 atom stereocenters. The highest BCUT2D eigenvalue weighted by Gasteiger charge is 2.09. The average molecular weight is 264 g/mol. The van der Waals surface area contributed by atoms with Gasteiger partial charge in [0.15, 0.2) is 0 Å². The molecule has 0 aliphatic carbocycles. The maximum atomic E-state index is 4.49. The van der Waals surface area contributed by atoms with Gasteiger partial charge < -0.3 is 5.32 Å². The van der Waals surface area contributed by atoms with Crippen LogP contribution in [0.4, 0.5) is 5.82 Å². The summed E-state index contributed by atoms with van der Waals surface area (Å²) < 4.78 is 0. The van der Waals surface area contributed by atoms with Gasteiger partial charge in [-0.3, -0.25) is 4.98 Å². The van der Waals surface area contributed by atoms with Crippen LogP contribution in [0.3, 0.4) is 0 Å². The monoisotopic (exact) mass is 264 g/mol. The Morgan fingerprint density at radius 1 is 1.10 bits per heavy atom. The number of hydrogen-bond acceptors (Lipinski definition) is 4. The number of anilines is 1. The largest absolute Gasteiger partial charge is 0.370 e. The molecule has 0 amide bonds. The predicted octanol–water partition coefficient (Wildman–Crippen LogP) is 3.43. The Bertz CT molecular complexity index is 752. The highest BCUT2D eigenvalue weighted by atomic mass is 15.0. The fraction of sp³-hybridized carbons (Fsp3) is 0.188. The number of aromatic nitrogens is 3. The summed E-state index contributed by atoms with van der Waals surface area (Å²) in [6.07, 6.45) is 3.46. The Morgan fingerprint density at radius 3 is 2.80 bits per heavy atom. The van der Waals surface area contributed by atoms with Crippen LogP contribution in [-0.4, -0.2) is 21.5 Å². The van der Waals surface area contributed by atoms with Crippen LogP contribution in [0.2, 0.25) is 0 Å². The van der Waals surface area contributed by atoms with Gasteiger partial charge >= 0.3 is 0 Å². The number of nitrogens with zero attached hydrogens (tertiary/aromatic N) is 3. The molecule has 3 rings (SSSR count). The fourth-order valence-corrected chi connectivity index (χ4v) is 2.29. The van der Waals surface area contributed by atoms with Crippen LogP contribution < -0.4 is 5.32 Å². The molecule has 3 aromatic rings.